The van der Waals surface area contributed by atoms with Crippen molar-refractivity contribution in [2.45, 2.75) is 49.8 Å². The smallest absolute Gasteiger partial charge is 0.0282 e. The summed E-state index contributed by atoms with van der Waals surface area (Å²) in [4.78, 5) is 0. The van der Waals surface area contributed by atoms with E-state index in [0.717, 1.165) is 12.0 Å². The van der Waals surface area contributed by atoms with Crippen LogP contribution < -0.4 is 5.32 Å². The van der Waals surface area contributed by atoms with Crippen molar-refractivity contribution >= 4 is 11.8 Å². The molecular formula is C11H21NS. The molecule has 0 bridgehead atoms. The molecule has 0 radical (unpaired) electrons. The molecule has 0 spiro atoms. The Balaban J connectivity index is 1.73. The van der Waals surface area contributed by atoms with Crippen LogP contribution in [0.2, 0.25) is 0 Å². The first-order valence-electron chi connectivity index (χ1n) is 5.54. The highest BCUT2D eigenvalue weighted by molar-refractivity contribution is 8.00. The minimum absolute atomic E-state index is 0.641. The van der Waals surface area contributed by atoms with Crippen molar-refractivity contribution in [1.82, 2.24) is 5.32 Å². The first-order valence-corrected chi connectivity index (χ1v) is 6.77. The molecular weight excluding hydrogens is 178 g/mol. The fraction of sp³-hybridized carbons (Fsp3) is 1.00. The van der Waals surface area contributed by atoms with Gasteiger partial charge in [-0.25, -0.2) is 0 Å². The van der Waals surface area contributed by atoms with Gasteiger partial charge in [0.15, 0.2) is 0 Å². The quantitative estimate of drug-likeness (QED) is 0.747. The Kier molecular flexibility index (Phi) is 2.89. The van der Waals surface area contributed by atoms with Crippen LogP contribution in [0.4, 0.5) is 0 Å². The molecule has 13 heavy (non-hydrogen) atoms. The Bertz CT molecular complexity index is 177. The molecule has 1 nitrogen and oxygen atoms in total. The van der Waals surface area contributed by atoms with Crippen molar-refractivity contribution in [3.63, 3.8) is 0 Å². The highest BCUT2D eigenvalue weighted by Crippen LogP contribution is 2.46. The van der Waals surface area contributed by atoms with Gasteiger partial charge in [0.25, 0.3) is 0 Å². The molecule has 0 aromatic carbocycles. The van der Waals surface area contributed by atoms with Gasteiger partial charge in [0, 0.05) is 17.3 Å². The van der Waals surface area contributed by atoms with E-state index in [1.165, 1.54) is 38.6 Å². The van der Waals surface area contributed by atoms with Crippen molar-refractivity contribution < 1.29 is 0 Å². The SMILES string of the molecule is CSC1(CNC2CCCC2C)CC1. The van der Waals surface area contributed by atoms with E-state index >= 15 is 0 Å². The predicted octanol–water partition coefficient (Wildman–Crippen LogP) is 2.66. The second kappa shape index (κ2) is 3.82. The lowest BCUT2D eigenvalue weighted by Gasteiger charge is -2.21. The lowest BCUT2D eigenvalue weighted by molar-refractivity contribution is 0.425. The summed E-state index contributed by atoms with van der Waals surface area (Å²) in [6.07, 6.45) is 9.40. The average Bonchev–Trinajstić information content (AvgIpc) is 2.82. The molecule has 0 saturated heterocycles. The van der Waals surface area contributed by atoms with Gasteiger partial charge < -0.3 is 5.32 Å². The number of rotatable bonds is 4. The summed E-state index contributed by atoms with van der Waals surface area (Å²) in [5, 5.41) is 3.76. The molecule has 0 heterocycles. The number of hydrogen-bond donors (Lipinski definition) is 1. The van der Waals surface area contributed by atoms with Crippen LogP contribution in [0.5, 0.6) is 0 Å². The first kappa shape index (κ1) is 9.85. The summed E-state index contributed by atoms with van der Waals surface area (Å²) in [5.74, 6) is 0.914. The molecule has 2 aliphatic rings. The van der Waals surface area contributed by atoms with E-state index in [-0.39, 0.29) is 0 Å². The van der Waals surface area contributed by atoms with Gasteiger partial charge in [-0.3, -0.25) is 0 Å². The van der Waals surface area contributed by atoms with Crippen molar-refractivity contribution in [2.75, 3.05) is 12.8 Å². The lowest BCUT2D eigenvalue weighted by Crippen LogP contribution is -2.36. The standard InChI is InChI=1S/C11H21NS/c1-9-4-3-5-10(9)12-8-11(13-2)6-7-11/h9-10,12H,3-8H2,1-2H3. The maximum Gasteiger partial charge on any atom is 0.0282 e. The van der Waals surface area contributed by atoms with Crippen LogP contribution >= 0.6 is 11.8 Å². The molecule has 0 aliphatic heterocycles. The van der Waals surface area contributed by atoms with Crippen molar-refractivity contribution in [3.05, 3.63) is 0 Å². The molecule has 2 atom stereocenters. The third-order valence-corrected chi connectivity index (χ3v) is 5.21. The summed E-state index contributed by atoms with van der Waals surface area (Å²) in [6, 6.07) is 0.824. The molecule has 1 N–H and O–H groups in total. The van der Waals surface area contributed by atoms with E-state index in [2.05, 4.69) is 30.3 Å². The summed E-state index contributed by atoms with van der Waals surface area (Å²) in [5.41, 5.74) is 0. The number of thioether (sulfide) groups is 1. The van der Waals surface area contributed by atoms with Gasteiger partial charge in [-0.15, -0.1) is 0 Å². The van der Waals surface area contributed by atoms with E-state index in [1.54, 1.807) is 0 Å². The zero-order valence-electron chi connectivity index (χ0n) is 8.81. The number of hydrogen-bond acceptors (Lipinski definition) is 2. The van der Waals surface area contributed by atoms with Gasteiger partial charge in [0.2, 0.25) is 0 Å². The Morgan fingerprint density at radius 3 is 2.62 bits per heavy atom. The van der Waals surface area contributed by atoms with Crippen LogP contribution in [0.3, 0.4) is 0 Å². The third-order valence-electron chi connectivity index (χ3n) is 3.79. The fourth-order valence-electron chi connectivity index (χ4n) is 2.36. The molecule has 2 rings (SSSR count). The van der Waals surface area contributed by atoms with Crippen LogP contribution in [0.1, 0.15) is 39.0 Å². The van der Waals surface area contributed by atoms with E-state index < -0.39 is 0 Å². The summed E-state index contributed by atoms with van der Waals surface area (Å²) >= 11 is 2.06. The highest BCUT2D eigenvalue weighted by atomic mass is 32.2. The molecule has 2 fully saturated rings. The Hall–Kier alpha value is 0.310. The van der Waals surface area contributed by atoms with E-state index in [1.807, 2.05) is 0 Å². The third kappa shape index (κ3) is 2.21. The Morgan fingerprint density at radius 2 is 2.15 bits per heavy atom. The van der Waals surface area contributed by atoms with Gasteiger partial charge >= 0.3 is 0 Å². The number of nitrogens with one attached hydrogen (secondary N) is 1. The first-order chi connectivity index (χ1) is 6.26. The summed E-state index contributed by atoms with van der Waals surface area (Å²) in [7, 11) is 0. The predicted molar refractivity (Wildman–Crippen MR) is 60.3 cm³/mol. The lowest BCUT2D eigenvalue weighted by atomic mass is 10.1. The fourth-order valence-corrected chi connectivity index (χ4v) is 3.10. The van der Waals surface area contributed by atoms with Crippen molar-refractivity contribution in [1.29, 1.82) is 0 Å². The molecule has 2 saturated carbocycles. The highest BCUT2D eigenvalue weighted by Gasteiger charge is 2.42. The van der Waals surface area contributed by atoms with Crippen LogP contribution in [0.15, 0.2) is 0 Å². The molecule has 2 unspecified atom stereocenters. The minimum Gasteiger partial charge on any atom is -0.312 e. The molecule has 76 valence electrons. The van der Waals surface area contributed by atoms with E-state index in [4.69, 9.17) is 0 Å². The Morgan fingerprint density at radius 1 is 1.38 bits per heavy atom. The second-order valence-corrected chi connectivity index (χ2v) is 6.06. The van der Waals surface area contributed by atoms with Gasteiger partial charge in [-0.05, 0) is 37.9 Å². The van der Waals surface area contributed by atoms with E-state index in [9.17, 15) is 0 Å². The van der Waals surface area contributed by atoms with Crippen LogP contribution in [-0.4, -0.2) is 23.6 Å². The van der Waals surface area contributed by atoms with Gasteiger partial charge in [0.1, 0.15) is 0 Å². The van der Waals surface area contributed by atoms with Crippen LogP contribution in [0.25, 0.3) is 0 Å². The van der Waals surface area contributed by atoms with Crippen molar-refractivity contribution in [2.24, 2.45) is 5.92 Å². The van der Waals surface area contributed by atoms with Crippen LogP contribution in [0, 0.1) is 5.92 Å². The topological polar surface area (TPSA) is 12.0 Å². The molecule has 2 heteroatoms. The molecule has 2 aliphatic carbocycles. The monoisotopic (exact) mass is 199 g/mol. The normalized spacial score (nSPS) is 36.5. The largest absolute Gasteiger partial charge is 0.312 e. The Labute approximate surface area is 86.0 Å². The average molecular weight is 199 g/mol. The molecule has 0 amide bonds. The van der Waals surface area contributed by atoms with Gasteiger partial charge in [-0.1, -0.05) is 13.3 Å². The van der Waals surface area contributed by atoms with Gasteiger partial charge in [-0.2, -0.15) is 11.8 Å². The zero-order chi connectivity index (χ0) is 9.31. The summed E-state index contributed by atoms with van der Waals surface area (Å²) in [6.45, 7) is 3.65. The van der Waals surface area contributed by atoms with Crippen molar-refractivity contribution in [3.8, 4) is 0 Å². The van der Waals surface area contributed by atoms with E-state index in [0.29, 0.717) is 4.75 Å². The molecule has 0 aromatic heterocycles. The maximum atomic E-state index is 3.76. The maximum absolute atomic E-state index is 3.76. The van der Waals surface area contributed by atoms with Crippen LogP contribution in [-0.2, 0) is 0 Å². The zero-order valence-corrected chi connectivity index (χ0v) is 9.62. The summed E-state index contributed by atoms with van der Waals surface area (Å²) < 4.78 is 0.641. The van der Waals surface area contributed by atoms with Gasteiger partial charge in [0.05, 0.1) is 0 Å². The second-order valence-electron chi connectivity index (χ2n) is 4.78. The minimum atomic E-state index is 0.641. The molecule has 0 aromatic rings.